The van der Waals surface area contributed by atoms with Crippen LogP contribution in [0, 0.1) is 21.4 Å². The average Bonchev–Trinajstić information content (AvgIpc) is 2.77. The van der Waals surface area contributed by atoms with Crippen LogP contribution in [0.4, 0.5) is 5.00 Å². The van der Waals surface area contributed by atoms with Crippen molar-refractivity contribution < 1.29 is 9.72 Å². The highest BCUT2D eigenvalue weighted by atomic mass is 32.1. The first-order valence-electron chi connectivity index (χ1n) is 5.03. The maximum Gasteiger partial charge on any atom is 0.324 e. The van der Waals surface area contributed by atoms with E-state index in [9.17, 15) is 14.9 Å². The number of nitrogens with zero attached hydrogens (tertiary/aromatic N) is 2. The van der Waals surface area contributed by atoms with E-state index < -0.39 is 16.9 Å². The fraction of sp³-hybridized carbons (Fsp3) is 0.400. The van der Waals surface area contributed by atoms with Crippen LogP contribution in [-0.2, 0) is 0 Å². The number of hydrogen-bond donors (Lipinski definition) is 1. The third-order valence-electron chi connectivity index (χ3n) is 2.03. The molecule has 1 heterocycles. The molecule has 0 aliphatic heterocycles. The van der Waals surface area contributed by atoms with E-state index in [-0.39, 0.29) is 9.88 Å². The molecular formula is C10H11N3O3S. The van der Waals surface area contributed by atoms with Gasteiger partial charge in [0, 0.05) is 6.07 Å². The maximum atomic E-state index is 11.7. The van der Waals surface area contributed by atoms with Crippen LogP contribution < -0.4 is 5.32 Å². The Morgan fingerprint density at radius 3 is 2.88 bits per heavy atom. The summed E-state index contributed by atoms with van der Waals surface area (Å²) in [5, 5.41) is 21.7. The molecule has 1 rings (SSSR count). The van der Waals surface area contributed by atoms with Gasteiger partial charge in [0.25, 0.3) is 5.91 Å². The number of nitrogens with one attached hydrogen (secondary N) is 1. The van der Waals surface area contributed by atoms with Gasteiger partial charge in [-0.15, -0.1) is 0 Å². The van der Waals surface area contributed by atoms with Crippen molar-refractivity contribution in [2.45, 2.75) is 25.8 Å². The molecule has 6 nitrogen and oxygen atoms in total. The van der Waals surface area contributed by atoms with Gasteiger partial charge in [-0.25, -0.2) is 0 Å². The van der Waals surface area contributed by atoms with Gasteiger partial charge in [-0.3, -0.25) is 14.9 Å². The van der Waals surface area contributed by atoms with Crippen LogP contribution in [0.15, 0.2) is 12.1 Å². The Kier molecular flexibility index (Phi) is 4.60. The quantitative estimate of drug-likeness (QED) is 0.641. The minimum Gasteiger partial charge on any atom is -0.336 e. The van der Waals surface area contributed by atoms with Gasteiger partial charge < -0.3 is 5.32 Å². The number of nitro groups is 1. The molecule has 90 valence electrons. The van der Waals surface area contributed by atoms with Crippen molar-refractivity contribution >= 4 is 22.2 Å². The van der Waals surface area contributed by atoms with Gasteiger partial charge in [0.15, 0.2) is 0 Å². The molecule has 1 unspecified atom stereocenters. The molecule has 0 radical (unpaired) electrons. The first-order chi connectivity index (χ1) is 8.08. The minimum atomic E-state index is -0.548. The predicted molar refractivity (Wildman–Crippen MR) is 62.7 cm³/mol. The molecule has 1 aromatic rings. The highest BCUT2D eigenvalue weighted by Gasteiger charge is 2.17. The normalized spacial score (nSPS) is 11.5. The minimum absolute atomic E-state index is 0.0841. The summed E-state index contributed by atoms with van der Waals surface area (Å²) in [6, 6.07) is 4.09. The summed E-state index contributed by atoms with van der Waals surface area (Å²) in [4.78, 5) is 21.8. The second-order valence-corrected chi connectivity index (χ2v) is 4.40. The van der Waals surface area contributed by atoms with Crippen molar-refractivity contribution in [2.75, 3.05) is 0 Å². The van der Waals surface area contributed by atoms with Crippen molar-refractivity contribution in [1.82, 2.24) is 5.32 Å². The molecule has 0 bridgehead atoms. The van der Waals surface area contributed by atoms with Crippen LogP contribution in [0.2, 0.25) is 0 Å². The third kappa shape index (κ3) is 3.53. The Hall–Kier alpha value is -1.94. The van der Waals surface area contributed by atoms with Gasteiger partial charge in [0.05, 0.1) is 15.9 Å². The van der Waals surface area contributed by atoms with Crippen molar-refractivity contribution in [2.24, 2.45) is 0 Å². The summed E-state index contributed by atoms with van der Waals surface area (Å²) < 4.78 is 0. The first kappa shape index (κ1) is 13.1. The van der Waals surface area contributed by atoms with E-state index in [1.54, 1.807) is 0 Å². The number of carbonyl (C=O) groups excluding carboxylic acids is 1. The Labute approximate surface area is 102 Å². The SMILES string of the molecule is CCCC(C#N)NC(=O)c1ccc([N+](=O)[O-])s1. The largest absolute Gasteiger partial charge is 0.336 e. The molecule has 0 aliphatic carbocycles. The summed E-state index contributed by atoms with van der Waals surface area (Å²) in [6.07, 6.45) is 1.35. The fourth-order valence-electron chi connectivity index (χ4n) is 1.23. The fourth-order valence-corrected chi connectivity index (χ4v) is 1.96. The van der Waals surface area contributed by atoms with E-state index in [2.05, 4.69) is 5.32 Å². The molecule has 0 fully saturated rings. The van der Waals surface area contributed by atoms with Crippen LogP contribution in [0.3, 0.4) is 0 Å². The van der Waals surface area contributed by atoms with Gasteiger partial charge in [0.2, 0.25) is 0 Å². The molecule has 1 atom stereocenters. The second kappa shape index (κ2) is 5.96. The molecule has 0 saturated carbocycles. The lowest BCUT2D eigenvalue weighted by molar-refractivity contribution is -0.380. The second-order valence-electron chi connectivity index (χ2n) is 3.34. The summed E-state index contributed by atoms with van der Waals surface area (Å²) >= 11 is 0.799. The van der Waals surface area contributed by atoms with E-state index in [0.29, 0.717) is 6.42 Å². The average molecular weight is 253 g/mol. The Morgan fingerprint density at radius 1 is 1.71 bits per heavy atom. The Morgan fingerprint density at radius 2 is 2.41 bits per heavy atom. The van der Waals surface area contributed by atoms with Crippen molar-refractivity contribution in [3.05, 3.63) is 27.1 Å². The highest BCUT2D eigenvalue weighted by molar-refractivity contribution is 7.17. The molecule has 1 amide bonds. The Balaban J connectivity index is 2.69. The van der Waals surface area contributed by atoms with Crippen LogP contribution in [-0.4, -0.2) is 16.9 Å². The van der Waals surface area contributed by atoms with Gasteiger partial charge in [-0.2, -0.15) is 5.26 Å². The molecule has 17 heavy (non-hydrogen) atoms. The van der Waals surface area contributed by atoms with E-state index in [1.165, 1.54) is 12.1 Å². The number of rotatable bonds is 5. The zero-order valence-corrected chi connectivity index (χ0v) is 9.99. The van der Waals surface area contributed by atoms with Crippen molar-refractivity contribution in [3.63, 3.8) is 0 Å². The first-order valence-corrected chi connectivity index (χ1v) is 5.84. The zero-order valence-electron chi connectivity index (χ0n) is 9.17. The number of nitriles is 1. The molecule has 7 heteroatoms. The number of amides is 1. The molecule has 0 spiro atoms. The van der Waals surface area contributed by atoms with E-state index in [4.69, 9.17) is 5.26 Å². The van der Waals surface area contributed by atoms with E-state index in [0.717, 1.165) is 17.8 Å². The van der Waals surface area contributed by atoms with Gasteiger partial charge >= 0.3 is 5.00 Å². The van der Waals surface area contributed by atoms with Crippen LogP contribution in [0.1, 0.15) is 29.4 Å². The molecule has 0 saturated heterocycles. The predicted octanol–water partition coefficient (Wildman–Crippen LogP) is 2.08. The van der Waals surface area contributed by atoms with Gasteiger partial charge in [-0.05, 0) is 12.5 Å². The summed E-state index contributed by atoms with van der Waals surface area (Å²) in [6.45, 7) is 1.91. The number of hydrogen-bond acceptors (Lipinski definition) is 5. The monoisotopic (exact) mass is 253 g/mol. The highest BCUT2D eigenvalue weighted by Crippen LogP contribution is 2.23. The van der Waals surface area contributed by atoms with Gasteiger partial charge in [-0.1, -0.05) is 24.7 Å². The van der Waals surface area contributed by atoms with Gasteiger partial charge in [0.1, 0.15) is 6.04 Å². The molecular weight excluding hydrogens is 242 g/mol. The van der Waals surface area contributed by atoms with Crippen molar-refractivity contribution in [3.8, 4) is 6.07 Å². The van der Waals surface area contributed by atoms with Crippen molar-refractivity contribution in [1.29, 1.82) is 5.26 Å². The topological polar surface area (TPSA) is 96.0 Å². The standard InChI is InChI=1S/C10H11N3O3S/c1-2-3-7(6-11)12-10(14)8-4-5-9(17-8)13(15)16/h4-5,7H,2-3H2,1H3,(H,12,14). The lowest BCUT2D eigenvalue weighted by Crippen LogP contribution is -2.33. The summed E-state index contributed by atoms with van der Waals surface area (Å²) in [7, 11) is 0. The molecule has 0 aliphatic rings. The molecule has 1 N–H and O–H groups in total. The van der Waals surface area contributed by atoms with Crippen LogP contribution >= 0.6 is 11.3 Å². The molecule has 1 aromatic heterocycles. The number of carbonyl (C=O) groups is 1. The smallest absolute Gasteiger partial charge is 0.324 e. The maximum absolute atomic E-state index is 11.7. The Bertz CT molecular complexity index is 464. The zero-order chi connectivity index (χ0) is 12.8. The van der Waals surface area contributed by atoms with E-state index >= 15 is 0 Å². The molecule has 0 aromatic carbocycles. The summed E-state index contributed by atoms with van der Waals surface area (Å²) in [5.74, 6) is -0.442. The van der Waals surface area contributed by atoms with Crippen LogP contribution in [0.25, 0.3) is 0 Å². The van der Waals surface area contributed by atoms with E-state index in [1.807, 2.05) is 13.0 Å². The van der Waals surface area contributed by atoms with Crippen LogP contribution in [0.5, 0.6) is 0 Å². The lowest BCUT2D eigenvalue weighted by Gasteiger charge is -2.08. The third-order valence-corrected chi connectivity index (χ3v) is 3.07. The number of thiophene rings is 1. The lowest BCUT2D eigenvalue weighted by atomic mass is 10.2. The summed E-state index contributed by atoms with van der Waals surface area (Å²) in [5.41, 5.74) is 0.